The number of nitrogens with zero attached hydrogens (tertiary/aromatic N) is 3. The molecule has 0 unspecified atom stereocenters. The Morgan fingerprint density at radius 1 is 0.970 bits per heavy atom. The van der Waals surface area contributed by atoms with E-state index in [-0.39, 0.29) is 5.91 Å². The summed E-state index contributed by atoms with van der Waals surface area (Å²) < 4.78 is 13.2. The Morgan fingerprint density at radius 3 is 2.64 bits per heavy atom. The maximum absolute atomic E-state index is 13.0. The number of hydrogen-bond acceptors (Lipinski definition) is 5. The molecule has 5 aromatic rings. The molecular formula is C25H19N5O3. The van der Waals surface area contributed by atoms with E-state index in [1.165, 1.54) is 6.20 Å². The maximum Gasteiger partial charge on any atom is 0.259 e. The van der Waals surface area contributed by atoms with Gasteiger partial charge >= 0.3 is 0 Å². The smallest absolute Gasteiger partial charge is 0.259 e. The van der Waals surface area contributed by atoms with Gasteiger partial charge in [0.1, 0.15) is 18.9 Å². The van der Waals surface area contributed by atoms with Crippen molar-refractivity contribution in [3.05, 3.63) is 84.8 Å². The molecule has 0 fully saturated rings. The third-order valence-corrected chi connectivity index (χ3v) is 5.52. The minimum Gasteiger partial charge on any atom is -0.486 e. The van der Waals surface area contributed by atoms with Crippen LogP contribution in [0.25, 0.3) is 28.2 Å². The van der Waals surface area contributed by atoms with Crippen molar-refractivity contribution in [2.75, 3.05) is 18.5 Å². The first-order chi connectivity index (χ1) is 16.2. The zero-order chi connectivity index (χ0) is 22.2. The van der Waals surface area contributed by atoms with Crippen LogP contribution in [0.15, 0.2) is 79.3 Å². The molecule has 4 heterocycles. The summed E-state index contributed by atoms with van der Waals surface area (Å²) in [4.78, 5) is 17.6. The van der Waals surface area contributed by atoms with Crippen LogP contribution < -0.4 is 14.8 Å². The highest BCUT2D eigenvalue weighted by molar-refractivity contribution is 6.08. The highest BCUT2D eigenvalue weighted by atomic mass is 16.6. The molecule has 0 saturated heterocycles. The number of carbonyl (C=O) groups is 1. The van der Waals surface area contributed by atoms with E-state index in [2.05, 4.69) is 20.5 Å². The quantitative estimate of drug-likeness (QED) is 0.434. The van der Waals surface area contributed by atoms with E-state index in [1.54, 1.807) is 0 Å². The van der Waals surface area contributed by atoms with E-state index < -0.39 is 0 Å². The second-order valence-electron chi connectivity index (χ2n) is 7.64. The van der Waals surface area contributed by atoms with Gasteiger partial charge in [0.25, 0.3) is 5.91 Å². The number of anilines is 1. The zero-order valence-corrected chi connectivity index (χ0v) is 17.5. The summed E-state index contributed by atoms with van der Waals surface area (Å²) in [5.74, 6) is 1.09. The Hall–Kier alpha value is -4.59. The summed E-state index contributed by atoms with van der Waals surface area (Å²) in [6.45, 7) is 1.03. The van der Waals surface area contributed by atoms with Crippen molar-refractivity contribution in [1.82, 2.24) is 19.6 Å². The summed E-state index contributed by atoms with van der Waals surface area (Å²) in [7, 11) is 0. The fourth-order valence-electron chi connectivity index (χ4n) is 3.87. The zero-order valence-electron chi connectivity index (χ0n) is 17.5. The standard InChI is InChI=1S/C25H19N5O3/c31-25(19-14-26-29-24(19)17-6-9-21-22(13-17)33-12-11-32-21)27-18-7-4-16(5-8-18)20-15-30-10-2-1-3-23(30)28-20/h1-10,13-15H,11-12H2,(H,26,29)(H,27,31). The van der Waals surface area contributed by atoms with Gasteiger partial charge in [0.15, 0.2) is 11.5 Å². The van der Waals surface area contributed by atoms with Crippen molar-refractivity contribution in [1.29, 1.82) is 0 Å². The van der Waals surface area contributed by atoms with Crippen LogP contribution in [-0.4, -0.2) is 38.7 Å². The molecule has 162 valence electrons. The number of nitrogens with one attached hydrogen (secondary N) is 2. The Kier molecular flexibility index (Phi) is 4.54. The van der Waals surface area contributed by atoms with Gasteiger partial charge in [0.05, 0.1) is 23.1 Å². The van der Waals surface area contributed by atoms with Crippen molar-refractivity contribution in [3.8, 4) is 34.0 Å². The number of aromatic nitrogens is 4. The molecule has 0 spiro atoms. The number of amides is 1. The summed E-state index contributed by atoms with van der Waals surface area (Å²) in [5.41, 5.74) is 5.26. The number of H-pyrrole nitrogens is 1. The van der Waals surface area contributed by atoms with Crippen molar-refractivity contribution in [3.63, 3.8) is 0 Å². The Bertz CT molecular complexity index is 1440. The van der Waals surface area contributed by atoms with E-state index in [0.717, 1.165) is 22.5 Å². The first kappa shape index (κ1) is 19.1. The molecule has 8 nitrogen and oxygen atoms in total. The lowest BCUT2D eigenvalue weighted by Crippen LogP contribution is -2.15. The molecule has 0 radical (unpaired) electrons. The normalized spacial score (nSPS) is 12.6. The average molecular weight is 437 g/mol. The Labute approximate surface area is 188 Å². The molecule has 0 aliphatic carbocycles. The van der Waals surface area contributed by atoms with E-state index >= 15 is 0 Å². The molecule has 1 aliphatic rings. The molecule has 6 rings (SSSR count). The summed E-state index contributed by atoms with van der Waals surface area (Å²) >= 11 is 0. The number of rotatable bonds is 4. The van der Waals surface area contributed by atoms with E-state index in [1.807, 2.05) is 77.5 Å². The second-order valence-corrected chi connectivity index (χ2v) is 7.64. The number of pyridine rings is 1. The van der Waals surface area contributed by atoms with Crippen LogP contribution in [0.1, 0.15) is 10.4 Å². The first-order valence-electron chi connectivity index (χ1n) is 10.5. The molecule has 0 saturated carbocycles. The third-order valence-electron chi connectivity index (χ3n) is 5.52. The number of hydrogen-bond donors (Lipinski definition) is 2. The second kappa shape index (κ2) is 7.83. The van der Waals surface area contributed by atoms with Crippen molar-refractivity contribution >= 4 is 17.2 Å². The van der Waals surface area contributed by atoms with Gasteiger partial charge in [-0.05, 0) is 42.5 Å². The van der Waals surface area contributed by atoms with Gasteiger partial charge in [0.2, 0.25) is 0 Å². The monoisotopic (exact) mass is 437 g/mol. The molecule has 0 atom stereocenters. The van der Waals surface area contributed by atoms with Crippen molar-refractivity contribution in [2.45, 2.75) is 0 Å². The van der Waals surface area contributed by atoms with Crippen molar-refractivity contribution in [2.24, 2.45) is 0 Å². The lowest BCUT2D eigenvalue weighted by molar-refractivity contribution is 0.102. The average Bonchev–Trinajstić information content (AvgIpc) is 3.52. The highest BCUT2D eigenvalue weighted by Gasteiger charge is 2.19. The van der Waals surface area contributed by atoms with Gasteiger partial charge in [-0.25, -0.2) is 4.98 Å². The summed E-state index contributed by atoms with van der Waals surface area (Å²) in [6.07, 6.45) is 5.46. The molecule has 2 N–H and O–H groups in total. The summed E-state index contributed by atoms with van der Waals surface area (Å²) in [6, 6.07) is 19.0. The fourth-order valence-corrected chi connectivity index (χ4v) is 3.87. The summed E-state index contributed by atoms with van der Waals surface area (Å²) in [5, 5.41) is 9.94. The number of benzene rings is 2. The Balaban J connectivity index is 1.22. The maximum atomic E-state index is 13.0. The van der Waals surface area contributed by atoms with Crippen LogP contribution in [0.2, 0.25) is 0 Å². The number of imidazole rings is 1. The highest BCUT2D eigenvalue weighted by Crippen LogP contribution is 2.35. The van der Waals surface area contributed by atoms with Crippen LogP contribution in [0.3, 0.4) is 0 Å². The van der Waals surface area contributed by atoms with Crippen LogP contribution in [0.4, 0.5) is 5.69 Å². The minimum absolute atomic E-state index is 0.255. The topological polar surface area (TPSA) is 93.5 Å². The molecule has 1 aliphatic heterocycles. The molecule has 1 amide bonds. The molecular weight excluding hydrogens is 418 g/mol. The van der Waals surface area contributed by atoms with Gasteiger partial charge < -0.3 is 19.2 Å². The SMILES string of the molecule is O=C(Nc1ccc(-c2cn3ccccc3n2)cc1)c1cn[nH]c1-c1ccc2c(c1)OCCO2. The predicted molar refractivity (Wildman–Crippen MR) is 124 cm³/mol. The first-order valence-corrected chi connectivity index (χ1v) is 10.5. The van der Waals surface area contributed by atoms with Gasteiger partial charge in [-0.15, -0.1) is 0 Å². The number of fused-ring (bicyclic) bond motifs is 2. The fraction of sp³-hybridized carbons (Fsp3) is 0.0800. The molecule has 3 aromatic heterocycles. The molecule has 33 heavy (non-hydrogen) atoms. The van der Waals surface area contributed by atoms with E-state index in [4.69, 9.17) is 9.47 Å². The van der Waals surface area contributed by atoms with Crippen LogP contribution in [0, 0.1) is 0 Å². The van der Waals surface area contributed by atoms with E-state index in [9.17, 15) is 4.79 Å². The van der Waals surface area contributed by atoms with E-state index in [0.29, 0.717) is 41.7 Å². The van der Waals surface area contributed by atoms with Crippen molar-refractivity contribution < 1.29 is 14.3 Å². The third kappa shape index (κ3) is 3.57. The predicted octanol–water partition coefficient (Wildman–Crippen LogP) is 4.41. The lowest BCUT2D eigenvalue weighted by atomic mass is 10.1. The van der Waals surface area contributed by atoms with Crippen LogP contribution in [-0.2, 0) is 0 Å². The number of carbonyl (C=O) groups excluding carboxylic acids is 1. The lowest BCUT2D eigenvalue weighted by Gasteiger charge is -2.18. The minimum atomic E-state index is -0.255. The van der Waals surface area contributed by atoms with Gasteiger partial charge in [-0.1, -0.05) is 18.2 Å². The number of aromatic amines is 1. The largest absolute Gasteiger partial charge is 0.486 e. The van der Waals surface area contributed by atoms with Crippen LogP contribution in [0.5, 0.6) is 11.5 Å². The Morgan fingerprint density at radius 2 is 1.79 bits per heavy atom. The van der Waals surface area contributed by atoms with Gasteiger partial charge in [-0.3, -0.25) is 9.89 Å². The molecule has 0 bridgehead atoms. The number of ether oxygens (including phenoxy) is 2. The molecule has 8 heteroatoms. The molecule has 2 aromatic carbocycles. The van der Waals surface area contributed by atoms with Crippen LogP contribution >= 0.6 is 0 Å². The van der Waals surface area contributed by atoms with Gasteiger partial charge in [0, 0.05) is 29.2 Å². The van der Waals surface area contributed by atoms with Gasteiger partial charge in [-0.2, -0.15) is 5.10 Å².